The maximum Gasteiger partial charge on any atom is 0.107 e. The summed E-state index contributed by atoms with van der Waals surface area (Å²) < 4.78 is 0. The molecule has 0 aromatic carbocycles. The van der Waals surface area contributed by atoms with Crippen molar-refractivity contribution in [2.45, 2.75) is 58.5 Å². The summed E-state index contributed by atoms with van der Waals surface area (Å²) in [6.45, 7) is 15.6. The molecular weight excluding hydrogens is 254 g/mol. The van der Waals surface area contributed by atoms with Crippen molar-refractivity contribution < 1.29 is 0 Å². The van der Waals surface area contributed by atoms with E-state index in [9.17, 15) is 0 Å². The number of nitrogens with zero attached hydrogens (tertiary/aromatic N) is 2. The van der Waals surface area contributed by atoms with Crippen LogP contribution in [0.15, 0.2) is 5.38 Å². The Hall–Kier alpha value is -0.450. The van der Waals surface area contributed by atoms with Gasteiger partial charge in [-0.25, -0.2) is 4.98 Å². The second kappa shape index (κ2) is 5.51. The van der Waals surface area contributed by atoms with Gasteiger partial charge in [-0.1, -0.05) is 20.8 Å². The van der Waals surface area contributed by atoms with E-state index in [-0.39, 0.29) is 11.0 Å². The van der Waals surface area contributed by atoms with Gasteiger partial charge < -0.3 is 5.32 Å². The van der Waals surface area contributed by atoms with Crippen LogP contribution in [0.2, 0.25) is 0 Å². The monoisotopic (exact) mass is 281 g/mol. The van der Waals surface area contributed by atoms with Gasteiger partial charge in [-0.15, -0.1) is 11.3 Å². The van der Waals surface area contributed by atoms with Crippen molar-refractivity contribution in [3.8, 4) is 0 Å². The second-order valence-corrected chi connectivity index (χ2v) is 8.19. The van der Waals surface area contributed by atoms with Crippen LogP contribution in [0.1, 0.15) is 51.7 Å². The normalized spacial score (nSPS) is 21.3. The van der Waals surface area contributed by atoms with Crippen molar-refractivity contribution in [2.24, 2.45) is 0 Å². The molecule has 0 aliphatic carbocycles. The zero-order valence-electron chi connectivity index (χ0n) is 12.9. The molecule has 0 unspecified atom stereocenters. The number of aromatic nitrogens is 1. The summed E-state index contributed by atoms with van der Waals surface area (Å²) in [6.07, 6.45) is 1.22. The fraction of sp³-hybridized carbons (Fsp3) is 0.800. The Morgan fingerprint density at radius 1 is 1.42 bits per heavy atom. The molecule has 0 bridgehead atoms. The molecule has 19 heavy (non-hydrogen) atoms. The zero-order chi connectivity index (χ0) is 14.1. The quantitative estimate of drug-likeness (QED) is 0.903. The number of hydrogen-bond donors (Lipinski definition) is 1. The van der Waals surface area contributed by atoms with Crippen LogP contribution in [0, 0.1) is 0 Å². The molecule has 1 saturated heterocycles. The highest BCUT2D eigenvalue weighted by molar-refractivity contribution is 7.09. The standard InChI is InChI=1S/C15H27N3S/c1-14(2,3)12-10-19-13(17-12)9-18-8-6-7-16-15(4,5)11-18/h10,16H,6-9,11H2,1-5H3. The lowest BCUT2D eigenvalue weighted by Crippen LogP contribution is -2.46. The molecular formula is C15H27N3S. The second-order valence-electron chi connectivity index (χ2n) is 7.25. The maximum atomic E-state index is 4.81. The van der Waals surface area contributed by atoms with Crippen LogP contribution in [0.5, 0.6) is 0 Å². The smallest absolute Gasteiger partial charge is 0.107 e. The van der Waals surface area contributed by atoms with Crippen LogP contribution >= 0.6 is 11.3 Å². The van der Waals surface area contributed by atoms with Crippen LogP contribution in [0.3, 0.4) is 0 Å². The van der Waals surface area contributed by atoms with E-state index in [1.165, 1.54) is 23.7 Å². The van der Waals surface area contributed by atoms with E-state index in [1.54, 1.807) is 11.3 Å². The van der Waals surface area contributed by atoms with Crippen LogP contribution in [0.25, 0.3) is 0 Å². The van der Waals surface area contributed by atoms with Crippen LogP contribution in [0.4, 0.5) is 0 Å². The zero-order valence-corrected chi connectivity index (χ0v) is 13.7. The van der Waals surface area contributed by atoms with Gasteiger partial charge >= 0.3 is 0 Å². The van der Waals surface area contributed by atoms with Gasteiger partial charge in [0.1, 0.15) is 5.01 Å². The first-order chi connectivity index (χ1) is 8.76. The van der Waals surface area contributed by atoms with E-state index in [0.717, 1.165) is 19.6 Å². The Bertz CT molecular complexity index is 417. The largest absolute Gasteiger partial charge is 0.310 e. The summed E-state index contributed by atoms with van der Waals surface area (Å²) in [7, 11) is 0. The predicted octanol–water partition coefficient (Wildman–Crippen LogP) is 3.01. The minimum Gasteiger partial charge on any atom is -0.310 e. The van der Waals surface area contributed by atoms with Crippen LogP contribution in [-0.2, 0) is 12.0 Å². The van der Waals surface area contributed by atoms with Gasteiger partial charge in [-0.3, -0.25) is 4.90 Å². The lowest BCUT2D eigenvalue weighted by molar-refractivity contribution is 0.223. The van der Waals surface area contributed by atoms with Gasteiger partial charge in [0.2, 0.25) is 0 Å². The summed E-state index contributed by atoms with van der Waals surface area (Å²) in [6, 6.07) is 0. The Labute approximate surface area is 121 Å². The van der Waals surface area contributed by atoms with Crippen molar-refractivity contribution in [1.82, 2.24) is 15.2 Å². The molecule has 1 N–H and O–H groups in total. The van der Waals surface area contributed by atoms with E-state index in [2.05, 4.69) is 50.2 Å². The topological polar surface area (TPSA) is 28.2 Å². The molecule has 1 aliphatic heterocycles. The third kappa shape index (κ3) is 4.26. The molecule has 1 aromatic heterocycles. The fourth-order valence-electron chi connectivity index (χ4n) is 2.48. The van der Waals surface area contributed by atoms with E-state index in [0.29, 0.717) is 0 Å². The molecule has 0 saturated carbocycles. The SMILES string of the molecule is CC1(C)CN(Cc2nc(C(C)(C)C)cs2)CCCN1. The first kappa shape index (κ1) is 14.9. The van der Waals surface area contributed by atoms with Gasteiger partial charge in [0.25, 0.3) is 0 Å². The van der Waals surface area contributed by atoms with Gasteiger partial charge in [0.05, 0.1) is 12.2 Å². The third-order valence-corrected chi connectivity index (χ3v) is 4.39. The first-order valence-electron chi connectivity index (χ1n) is 7.19. The van der Waals surface area contributed by atoms with Gasteiger partial charge in [-0.2, -0.15) is 0 Å². The Morgan fingerprint density at radius 2 is 2.16 bits per heavy atom. The third-order valence-electron chi connectivity index (χ3n) is 3.55. The van der Waals surface area contributed by atoms with Crippen molar-refractivity contribution in [3.05, 3.63) is 16.1 Å². The van der Waals surface area contributed by atoms with Gasteiger partial charge in [0, 0.05) is 22.9 Å². The molecule has 0 atom stereocenters. The summed E-state index contributed by atoms with van der Waals surface area (Å²) in [5.41, 5.74) is 1.59. The molecule has 1 aliphatic rings. The van der Waals surface area contributed by atoms with Crippen molar-refractivity contribution in [2.75, 3.05) is 19.6 Å². The Balaban J connectivity index is 2.02. The lowest BCUT2D eigenvalue weighted by atomic mass is 9.93. The molecule has 2 rings (SSSR count). The molecule has 1 fully saturated rings. The Morgan fingerprint density at radius 3 is 2.79 bits per heavy atom. The number of nitrogens with one attached hydrogen (secondary N) is 1. The van der Waals surface area contributed by atoms with E-state index >= 15 is 0 Å². The molecule has 0 radical (unpaired) electrons. The van der Waals surface area contributed by atoms with E-state index < -0.39 is 0 Å². The molecule has 3 nitrogen and oxygen atoms in total. The number of hydrogen-bond acceptors (Lipinski definition) is 4. The lowest BCUT2D eigenvalue weighted by Gasteiger charge is -2.29. The van der Waals surface area contributed by atoms with E-state index in [4.69, 9.17) is 4.98 Å². The average Bonchev–Trinajstić information content (AvgIpc) is 2.65. The summed E-state index contributed by atoms with van der Waals surface area (Å²) >= 11 is 1.80. The van der Waals surface area contributed by atoms with Crippen molar-refractivity contribution >= 4 is 11.3 Å². The minimum absolute atomic E-state index is 0.161. The molecule has 0 spiro atoms. The summed E-state index contributed by atoms with van der Waals surface area (Å²) in [4.78, 5) is 7.34. The maximum absolute atomic E-state index is 4.81. The average molecular weight is 281 g/mol. The van der Waals surface area contributed by atoms with E-state index in [1.807, 2.05) is 0 Å². The Kier molecular flexibility index (Phi) is 4.33. The molecule has 0 amide bonds. The molecule has 1 aromatic rings. The minimum atomic E-state index is 0.161. The number of thiazole rings is 1. The number of rotatable bonds is 2. The van der Waals surface area contributed by atoms with Crippen molar-refractivity contribution in [3.63, 3.8) is 0 Å². The molecule has 4 heteroatoms. The molecule has 108 valence electrons. The highest BCUT2D eigenvalue weighted by atomic mass is 32.1. The summed E-state index contributed by atoms with van der Waals surface area (Å²) in [5.74, 6) is 0. The predicted molar refractivity (Wildman–Crippen MR) is 82.8 cm³/mol. The fourth-order valence-corrected chi connectivity index (χ4v) is 3.54. The molecule has 2 heterocycles. The van der Waals surface area contributed by atoms with Gasteiger partial charge in [0.15, 0.2) is 0 Å². The first-order valence-corrected chi connectivity index (χ1v) is 8.06. The van der Waals surface area contributed by atoms with Crippen LogP contribution in [-0.4, -0.2) is 35.1 Å². The van der Waals surface area contributed by atoms with Gasteiger partial charge in [-0.05, 0) is 33.4 Å². The highest BCUT2D eigenvalue weighted by Gasteiger charge is 2.25. The summed E-state index contributed by atoms with van der Waals surface area (Å²) in [5, 5.41) is 7.08. The van der Waals surface area contributed by atoms with Crippen LogP contribution < -0.4 is 5.32 Å². The van der Waals surface area contributed by atoms with Crippen molar-refractivity contribution in [1.29, 1.82) is 0 Å². The highest BCUT2D eigenvalue weighted by Crippen LogP contribution is 2.25.